The fourth-order valence-corrected chi connectivity index (χ4v) is 7.82. The van der Waals surface area contributed by atoms with Crippen LogP contribution in [0.4, 0.5) is 17.1 Å². The molecule has 0 atom stereocenters. The molecule has 0 fully saturated rings. The summed E-state index contributed by atoms with van der Waals surface area (Å²) in [4.78, 5) is 7.65. The molecule has 5 aromatic rings. The van der Waals surface area contributed by atoms with E-state index in [1.165, 1.54) is 24.3 Å². The third kappa shape index (κ3) is 12.5. The molecule has 0 spiro atoms. The van der Waals surface area contributed by atoms with Crippen molar-refractivity contribution in [3.05, 3.63) is 180 Å². The van der Waals surface area contributed by atoms with Gasteiger partial charge >= 0.3 is 59.1 Å². The summed E-state index contributed by atoms with van der Waals surface area (Å²) in [6.07, 6.45) is 8.22. The van der Waals surface area contributed by atoms with Gasteiger partial charge in [0.25, 0.3) is 0 Å². The molecule has 0 aromatic heterocycles. The Kier molecular flexibility index (Phi) is 17.7. The SMILES string of the molecule is CCON(c1ccccc1)c1ccc(C(=C2C=CC(=[N+](CC)Cc3cccc(S(=O)(=O)[O-])c3)C=C2)c2ccc(N(CC)Cc3cccc(S(=O)(=O)[O-])c3)cc2)cc1.[Na+].[Na+]. The summed E-state index contributed by atoms with van der Waals surface area (Å²) in [5.41, 5.74) is 9.00. The Morgan fingerprint density at radius 1 is 0.610 bits per heavy atom. The molecule has 0 N–H and O–H groups in total. The van der Waals surface area contributed by atoms with Crippen molar-refractivity contribution in [1.82, 2.24) is 0 Å². The second kappa shape index (κ2) is 21.8. The van der Waals surface area contributed by atoms with Gasteiger partial charge in [0.05, 0.1) is 27.8 Å². The molecular formula is C45H44N3Na2O7S2+. The van der Waals surface area contributed by atoms with Crippen molar-refractivity contribution in [2.24, 2.45) is 0 Å². The minimum absolute atomic E-state index is 0. The molecule has 0 radical (unpaired) electrons. The Labute approximate surface area is 392 Å². The number of anilines is 3. The van der Waals surface area contributed by atoms with E-state index in [0.29, 0.717) is 43.9 Å². The maximum atomic E-state index is 11.7. The van der Waals surface area contributed by atoms with Crippen LogP contribution in [-0.4, -0.2) is 55.9 Å². The van der Waals surface area contributed by atoms with Crippen LogP contribution in [0.5, 0.6) is 0 Å². The molecule has 0 saturated carbocycles. The first-order chi connectivity index (χ1) is 27.4. The fourth-order valence-electron chi connectivity index (χ4n) is 6.74. The van der Waals surface area contributed by atoms with Crippen LogP contribution in [0.3, 0.4) is 0 Å². The van der Waals surface area contributed by atoms with E-state index < -0.39 is 20.2 Å². The molecule has 0 bridgehead atoms. The molecule has 294 valence electrons. The molecule has 1 aliphatic rings. The first-order valence-corrected chi connectivity index (χ1v) is 21.5. The van der Waals surface area contributed by atoms with Gasteiger partial charge in [0.1, 0.15) is 26.8 Å². The number of rotatable bonds is 15. The number of hydrogen-bond acceptors (Lipinski definition) is 9. The van der Waals surface area contributed by atoms with Crippen LogP contribution >= 0.6 is 0 Å². The predicted octanol–water partition coefficient (Wildman–Crippen LogP) is 2.22. The van der Waals surface area contributed by atoms with Gasteiger partial charge in [-0.05, 0) is 121 Å². The van der Waals surface area contributed by atoms with E-state index in [4.69, 9.17) is 4.84 Å². The summed E-state index contributed by atoms with van der Waals surface area (Å²) >= 11 is 0. The normalized spacial score (nSPS) is 12.4. The van der Waals surface area contributed by atoms with Gasteiger partial charge in [0.15, 0.2) is 12.3 Å². The molecule has 59 heavy (non-hydrogen) atoms. The molecular weight excluding hydrogens is 805 g/mol. The van der Waals surface area contributed by atoms with Gasteiger partial charge < -0.3 is 14.0 Å². The van der Waals surface area contributed by atoms with Crippen LogP contribution in [0.2, 0.25) is 0 Å². The second-order valence-corrected chi connectivity index (χ2v) is 16.1. The molecule has 0 amide bonds. The van der Waals surface area contributed by atoms with Crippen molar-refractivity contribution in [3.63, 3.8) is 0 Å². The van der Waals surface area contributed by atoms with Crippen LogP contribution in [0.25, 0.3) is 5.57 Å². The standard InChI is InChI=1S/C45H45N3O7S2.2Na/c1-4-46(32-34-12-10-16-43(30-34)56(49,50)51)39-24-18-36(19-25-39)45(38-22-28-42(29-23-38)48(55-6-3)41-14-8-7-9-15-41)37-20-26-40(27-21-37)47(5-2)33-35-13-11-17-44(31-35)57(52,53)54;;/h7-31H,4-6,32-33H2,1-3H3,(H-,49,50,51,52,53,54);;/q;2*+1/p-1. The van der Waals surface area contributed by atoms with E-state index >= 15 is 0 Å². The Hall–Kier alpha value is -3.63. The van der Waals surface area contributed by atoms with Crippen LogP contribution in [0.15, 0.2) is 167 Å². The van der Waals surface area contributed by atoms with Crippen LogP contribution in [0.1, 0.15) is 43.0 Å². The first-order valence-electron chi connectivity index (χ1n) is 18.6. The summed E-state index contributed by atoms with van der Waals surface area (Å²) in [5.74, 6) is 0. The Bertz CT molecular complexity index is 2540. The zero-order chi connectivity index (χ0) is 40.6. The summed E-state index contributed by atoms with van der Waals surface area (Å²) < 4.78 is 72.1. The second-order valence-electron chi connectivity index (χ2n) is 13.3. The maximum absolute atomic E-state index is 11.7. The topological polar surface area (TPSA) is 133 Å². The Balaban J connectivity index is 0.00000384. The first kappa shape index (κ1) is 48.0. The van der Waals surface area contributed by atoms with Gasteiger partial charge in [0, 0.05) is 36.5 Å². The average molecular weight is 849 g/mol. The Morgan fingerprint density at radius 2 is 1.12 bits per heavy atom. The molecule has 6 rings (SSSR count). The van der Waals surface area contributed by atoms with Gasteiger partial charge in [-0.3, -0.25) is 4.84 Å². The quantitative estimate of drug-likeness (QED) is 0.0674. The third-order valence-electron chi connectivity index (χ3n) is 9.57. The molecule has 0 heterocycles. The summed E-state index contributed by atoms with van der Waals surface area (Å²) in [6.45, 7) is 8.61. The third-order valence-corrected chi connectivity index (χ3v) is 11.2. The number of para-hydroxylation sites is 1. The molecule has 5 aromatic carbocycles. The van der Waals surface area contributed by atoms with Gasteiger partial charge in [-0.25, -0.2) is 26.5 Å². The largest absolute Gasteiger partial charge is 1.00 e. The van der Waals surface area contributed by atoms with E-state index in [1.807, 2.05) is 105 Å². The monoisotopic (exact) mass is 848 g/mol. The van der Waals surface area contributed by atoms with Crippen LogP contribution in [0, 0.1) is 0 Å². The summed E-state index contributed by atoms with van der Waals surface area (Å²) in [5, 5.41) is 1.82. The molecule has 14 heteroatoms. The number of hydrogen-bond donors (Lipinski definition) is 0. The van der Waals surface area contributed by atoms with E-state index in [9.17, 15) is 25.9 Å². The summed E-state index contributed by atoms with van der Waals surface area (Å²) in [6, 6.07) is 38.6. The van der Waals surface area contributed by atoms with E-state index in [1.54, 1.807) is 12.1 Å². The van der Waals surface area contributed by atoms with Crippen LogP contribution in [-0.2, 0) is 38.2 Å². The van der Waals surface area contributed by atoms with Crippen molar-refractivity contribution < 1.29 is 94.5 Å². The molecule has 0 unspecified atom stereocenters. The van der Waals surface area contributed by atoms with Crippen molar-refractivity contribution in [1.29, 1.82) is 0 Å². The number of benzene rings is 5. The van der Waals surface area contributed by atoms with E-state index in [-0.39, 0.29) is 68.9 Å². The predicted molar refractivity (Wildman–Crippen MR) is 222 cm³/mol. The van der Waals surface area contributed by atoms with E-state index in [0.717, 1.165) is 45.0 Å². The minimum Gasteiger partial charge on any atom is -0.744 e. The van der Waals surface area contributed by atoms with Gasteiger partial charge in [-0.1, -0.05) is 66.7 Å². The van der Waals surface area contributed by atoms with Gasteiger partial charge in [-0.15, -0.1) is 0 Å². The minimum atomic E-state index is -4.57. The summed E-state index contributed by atoms with van der Waals surface area (Å²) in [7, 11) is -9.14. The molecule has 0 aliphatic heterocycles. The molecule has 10 nitrogen and oxygen atoms in total. The van der Waals surface area contributed by atoms with E-state index in [2.05, 4.69) is 45.9 Å². The zero-order valence-electron chi connectivity index (χ0n) is 34.0. The number of nitrogens with zero attached hydrogens (tertiary/aromatic N) is 3. The zero-order valence-corrected chi connectivity index (χ0v) is 39.6. The van der Waals surface area contributed by atoms with Crippen molar-refractivity contribution in [2.45, 2.75) is 43.7 Å². The number of allylic oxidation sites excluding steroid dienone is 5. The van der Waals surface area contributed by atoms with Crippen molar-refractivity contribution in [2.75, 3.05) is 29.7 Å². The van der Waals surface area contributed by atoms with Crippen molar-refractivity contribution in [3.8, 4) is 0 Å². The average Bonchev–Trinajstić information content (AvgIpc) is 3.22. The molecule has 0 saturated heterocycles. The molecule has 1 aliphatic carbocycles. The maximum Gasteiger partial charge on any atom is 1.00 e. The van der Waals surface area contributed by atoms with Crippen molar-refractivity contribution >= 4 is 48.6 Å². The van der Waals surface area contributed by atoms with Gasteiger partial charge in [-0.2, -0.15) is 0 Å². The van der Waals surface area contributed by atoms with Gasteiger partial charge in [0.2, 0.25) is 0 Å². The smallest absolute Gasteiger partial charge is 0.744 e. The van der Waals surface area contributed by atoms with Crippen LogP contribution < -0.4 is 69.1 Å². The fraction of sp³-hybridized carbons (Fsp3) is 0.178. The Morgan fingerprint density at radius 3 is 1.63 bits per heavy atom.